The highest BCUT2D eigenvalue weighted by Crippen LogP contribution is 2.14. The molecule has 0 fully saturated rings. The summed E-state index contributed by atoms with van der Waals surface area (Å²) >= 11 is 0. The Morgan fingerprint density at radius 2 is 1.94 bits per heavy atom. The van der Waals surface area contributed by atoms with Crippen LogP contribution in [0.4, 0.5) is 5.69 Å². The Labute approximate surface area is 92.5 Å². The van der Waals surface area contributed by atoms with Crippen molar-refractivity contribution in [2.24, 2.45) is 20.8 Å². The van der Waals surface area contributed by atoms with E-state index in [1.165, 1.54) is 24.3 Å². The fourth-order valence-corrected chi connectivity index (χ4v) is 1.25. The first kappa shape index (κ1) is 11.9. The van der Waals surface area contributed by atoms with E-state index >= 15 is 0 Å². The van der Waals surface area contributed by atoms with Gasteiger partial charge in [0.1, 0.15) is 0 Å². The molecule has 0 aliphatic rings. The SMILES string of the molecule is NC(N)=NC(=O)c1cccc(N=S(=O)=O)c1. The van der Waals surface area contributed by atoms with Crippen LogP contribution in [0.5, 0.6) is 0 Å². The highest BCUT2D eigenvalue weighted by atomic mass is 32.2. The van der Waals surface area contributed by atoms with Crippen LogP contribution in [0.25, 0.3) is 0 Å². The Hall–Kier alpha value is -2.22. The summed E-state index contributed by atoms with van der Waals surface area (Å²) in [6.45, 7) is 0. The van der Waals surface area contributed by atoms with Crippen LogP contribution in [-0.4, -0.2) is 20.3 Å². The third-order valence-electron chi connectivity index (χ3n) is 1.50. The van der Waals surface area contributed by atoms with E-state index < -0.39 is 16.4 Å². The van der Waals surface area contributed by atoms with Crippen LogP contribution in [0.3, 0.4) is 0 Å². The fourth-order valence-electron chi connectivity index (χ4n) is 0.964. The van der Waals surface area contributed by atoms with Crippen LogP contribution in [0.2, 0.25) is 0 Å². The first-order valence-electron chi connectivity index (χ1n) is 4.04. The van der Waals surface area contributed by atoms with Gasteiger partial charge in [-0.15, -0.1) is 4.36 Å². The topological polar surface area (TPSA) is 128 Å². The summed E-state index contributed by atoms with van der Waals surface area (Å²) in [5.74, 6) is -1.02. The quantitative estimate of drug-likeness (QED) is 0.546. The zero-order valence-corrected chi connectivity index (χ0v) is 8.81. The average Bonchev–Trinajstić information content (AvgIpc) is 2.16. The molecule has 0 atom stereocenters. The summed E-state index contributed by atoms with van der Waals surface area (Å²) in [5.41, 5.74) is 10.4. The van der Waals surface area contributed by atoms with Crippen molar-refractivity contribution in [1.82, 2.24) is 0 Å². The molecule has 1 aromatic carbocycles. The van der Waals surface area contributed by atoms with Crippen molar-refractivity contribution in [2.75, 3.05) is 0 Å². The third-order valence-corrected chi connectivity index (χ3v) is 1.86. The second-order valence-corrected chi connectivity index (χ2v) is 3.32. The van der Waals surface area contributed by atoms with E-state index in [2.05, 4.69) is 9.36 Å². The second kappa shape index (κ2) is 5.03. The maximum absolute atomic E-state index is 11.3. The standard InChI is InChI=1S/C8H8N4O3S/c9-8(10)11-7(13)5-2-1-3-6(4-5)12-16(14)15/h1-4H,(H4,9,10,11,13). The molecular formula is C8H8N4O3S. The molecule has 0 saturated heterocycles. The van der Waals surface area contributed by atoms with Gasteiger partial charge in [0, 0.05) is 5.56 Å². The van der Waals surface area contributed by atoms with Crippen LogP contribution in [0.1, 0.15) is 10.4 Å². The van der Waals surface area contributed by atoms with Gasteiger partial charge in [-0.05, 0) is 18.2 Å². The first-order valence-corrected chi connectivity index (χ1v) is 5.07. The summed E-state index contributed by atoms with van der Waals surface area (Å²) in [6.07, 6.45) is 0. The van der Waals surface area contributed by atoms with Crippen LogP contribution in [0, 0.1) is 0 Å². The molecule has 1 aromatic rings. The molecule has 84 valence electrons. The maximum atomic E-state index is 11.3. The first-order chi connectivity index (χ1) is 7.49. The van der Waals surface area contributed by atoms with Crippen LogP contribution < -0.4 is 11.5 Å². The van der Waals surface area contributed by atoms with Gasteiger partial charge in [0.25, 0.3) is 5.91 Å². The predicted molar refractivity (Wildman–Crippen MR) is 57.6 cm³/mol. The number of rotatable bonds is 2. The number of benzene rings is 1. The summed E-state index contributed by atoms with van der Waals surface area (Å²) in [5, 5.41) is 0. The minimum Gasteiger partial charge on any atom is -0.370 e. The number of nitrogens with zero attached hydrogens (tertiary/aromatic N) is 2. The Morgan fingerprint density at radius 1 is 1.25 bits per heavy atom. The number of aliphatic imine (C=N–C) groups is 1. The second-order valence-electron chi connectivity index (χ2n) is 2.70. The summed E-state index contributed by atoms with van der Waals surface area (Å²) in [4.78, 5) is 14.7. The highest BCUT2D eigenvalue weighted by molar-refractivity contribution is 7.61. The lowest BCUT2D eigenvalue weighted by Gasteiger charge is -1.96. The molecule has 0 aliphatic heterocycles. The van der Waals surface area contributed by atoms with Gasteiger partial charge in [-0.2, -0.15) is 13.4 Å². The average molecular weight is 240 g/mol. The minimum atomic E-state index is -2.57. The molecule has 0 saturated carbocycles. The zero-order chi connectivity index (χ0) is 12.1. The van der Waals surface area contributed by atoms with Gasteiger partial charge in [0.15, 0.2) is 5.96 Å². The van der Waals surface area contributed by atoms with E-state index in [0.717, 1.165) is 0 Å². The van der Waals surface area contributed by atoms with Gasteiger partial charge < -0.3 is 11.5 Å². The Kier molecular flexibility index (Phi) is 3.72. The van der Waals surface area contributed by atoms with Gasteiger partial charge >= 0.3 is 10.5 Å². The van der Waals surface area contributed by atoms with Gasteiger partial charge in [0.2, 0.25) is 0 Å². The number of amides is 1. The van der Waals surface area contributed by atoms with E-state index in [4.69, 9.17) is 11.5 Å². The third kappa shape index (κ3) is 3.50. The Morgan fingerprint density at radius 3 is 2.50 bits per heavy atom. The maximum Gasteiger partial charge on any atom is 0.316 e. The van der Waals surface area contributed by atoms with E-state index in [9.17, 15) is 13.2 Å². The molecule has 0 aromatic heterocycles. The highest BCUT2D eigenvalue weighted by Gasteiger charge is 2.04. The van der Waals surface area contributed by atoms with E-state index in [0.29, 0.717) is 0 Å². The van der Waals surface area contributed by atoms with Crippen molar-refractivity contribution in [3.63, 3.8) is 0 Å². The van der Waals surface area contributed by atoms with Gasteiger partial charge in [-0.3, -0.25) is 4.79 Å². The zero-order valence-electron chi connectivity index (χ0n) is 7.99. The summed E-state index contributed by atoms with van der Waals surface area (Å²) < 4.78 is 23.9. The smallest absolute Gasteiger partial charge is 0.316 e. The van der Waals surface area contributed by atoms with Crippen molar-refractivity contribution in [2.45, 2.75) is 0 Å². The molecule has 0 radical (unpaired) electrons. The molecule has 7 nitrogen and oxygen atoms in total. The van der Waals surface area contributed by atoms with Gasteiger partial charge in [-0.25, -0.2) is 0 Å². The van der Waals surface area contributed by atoms with Gasteiger partial charge in [-0.1, -0.05) is 6.07 Å². The monoisotopic (exact) mass is 240 g/mol. The predicted octanol–water partition coefficient (Wildman–Crippen LogP) is -0.206. The van der Waals surface area contributed by atoms with Crippen molar-refractivity contribution in [1.29, 1.82) is 0 Å². The van der Waals surface area contributed by atoms with E-state index in [1.54, 1.807) is 0 Å². The van der Waals surface area contributed by atoms with Crippen LogP contribution in [0.15, 0.2) is 33.6 Å². The van der Waals surface area contributed by atoms with Gasteiger partial charge in [0.05, 0.1) is 5.69 Å². The molecule has 0 aliphatic carbocycles. The number of carbonyl (C=O) groups excluding carboxylic acids is 1. The number of nitrogens with two attached hydrogens (primary N) is 2. The number of hydrogen-bond donors (Lipinski definition) is 2. The van der Waals surface area contributed by atoms with Crippen LogP contribution in [-0.2, 0) is 10.5 Å². The Bertz CT molecular complexity index is 565. The van der Waals surface area contributed by atoms with Crippen molar-refractivity contribution in [3.05, 3.63) is 29.8 Å². The van der Waals surface area contributed by atoms with Crippen molar-refractivity contribution < 1.29 is 13.2 Å². The fraction of sp³-hybridized carbons (Fsp3) is 0. The molecule has 0 unspecified atom stereocenters. The molecular weight excluding hydrogens is 232 g/mol. The molecule has 4 N–H and O–H groups in total. The molecule has 0 spiro atoms. The number of guanidine groups is 1. The largest absolute Gasteiger partial charge is 0.370 e. The molecule has 1 rings (SSSR count). The van der Waals surface area contributed by atoms with Crippen LogP contribution >= 0.6 is 0 Å². The molecule has 0 bridgehead atoms. The lowest BCUT2D eigenvalue weighted by atomic mass is 10.2. The minimum absolute atomic E-state index is 0.130. The summed E-state index contributed by atoms with van der Waals surface area (Å²) in [6, 6.07) is 5.62. The number of carbonyl (C=O) groups is 1. The molecule has 16 heavy (non-hydrogen) atoms. The van der Waals surface area contributed by atoms with E-state index in [-0.39, 0.29) is 17.2 Å². The normalized spacial score (nSPS) is 9.25. The number of hydrogen-bond acceptors (Lipinski definition) is 4. The summed E-state index contributed by atoms with van der Waals surface area (Å²) in [7, 11) is -2.57. The molecule has 1 amide bonds. The van der Waals surface area contributed by atoms with Crippen molar-refractivity contribution in [3.8, 4) is 0 Å². The van der Waals surface area contributed by atoms with E-state index in [1.807, 2.05) is 0 Å². The van der Waals surface area contributed by atoms with Crippen molar-refractivity contribution >= 4 is 28.1 Å². The lowest BCUT2D eigenvalue weighted by molar-refractivity contribution is 0.100. The Balaban J connectivity index is 3.13. The molecule has 8 heteroatoms. The molecule has 0 heterocycles. The lowest BCUT2D eigenvalue weighted by Crippen LogP contribution is -2.24.